The van der Waals surface area contributed by atoms with E-state index in [-0.39, 0.29) is 37.7 Å². The number of sulfonamides is 1. The summed E-state index contributed by atoms with van der Waals surface area (Å²) in [6.45, 7) is 1.30. The number of carbonyl (C=O) groups excluding carboxylic acids is 2. The van der Waals surface area contributed by atoms with Crippen LogP contribution < -0.4 is 5.32 Å². The van der Waals surface area contributed by atoms with E-state index < -0.39 is 32.5 Å². The van der Waals surface area contributed by atoms with Gasteiger partial charge in [-0.2, -0.15) is 4.31 Å². The fourth-order valence-corrected chi connectivity index (χ4v) is 5.80. The lowest BCUT2D eigenvalue weighted by Gasteiger charge is -2.30. The SMILES string of the molecule is O=C(Nc1cccc(CN2CCCC2=O)c1)C1CCN(S(=O)(=O)c2cc(F)ccc2F)CC1. The minimum absolute atomic E-state index is 0.0352. The molecule has 0 atom stereocenters. The zero-order valence-corrected chi connectivity index (χ0v) is 18.8. The zero-order valence-electron chi connectivity index (χ0n) is 18.0. The highest BCUT2D eigenvalue weighted by Gasteiger charge is 2.34. The topological polar surface area (TPSA) is 86.8 Å². The predicted molar refractivity (Wildman–Crippen MR) is 118 cm³/mol. The van der Waals surface area contributed by atoms with Crippen LogP contribution in [0.3, 0.4) is 0 Å². The molecule has 7 nitrogen and oxygen atoms in total. The second-order valence-electron chi connectivity index (χ2n) is 8.36. The van der Waals surface area contributed by atoms with Crippen molar-refractivity contribution in [2.45, 2.75) is 37.1 Å². The minimum Gasteiger partial charge on any atom is -0.338 e. The van der Waals surface area contributed by atoms with Gasteiger partial charge in [0.05, 0.1) is 0 Å². The van der Waals surface area contributed by atoms with E-state index >= 15 is 0 Å². The molecule has 2 aliphatic heterocycles. The Hall–Kier alpha value is -2.85. The number of benzene rings is 2. The third-order valence-electron chi connectivity index (χ3n) is 6.08. The molecule has 2 aromatic carbocycles. The molecule has 2 aromatic rings. The highest BCUT2D eigenvalue weighted by Crippen LogP contribution is 2.27. The Balaban J connectivity index is 1.35. The van der Waals surface area contributed by atoms with E-state index in [9.17, 15) is 26.8 Å². The van der Waals surface area contributed by atoms with E-state index in [0.29, 0.717) is 24.7 Å². The predicted octanol–water partition coefficient (Wildman–Crippen LogP) is 3.13. The summed E-state index contributed by atoms with van der Waals surface area (Å²) in [5, 5.41) is 2.87. The number of piperidine rings is 1. The van der Waals surface area contributed by atoms with Gasteiger partial charge in [0.15, 0.2) is 0 Å². The monoisotopic (exact) mass is 477 g/mol. The normalized spacial score (nSPS) is 18.0. The maximum Gasteiger partial charge on any atom is 0.246 e. The third kappa shape index (κ3) is 5.22. The van der Waals surface area contributed by atoms with Crippen molar-refractivity contribution in [3.8, 4) is 0 Å². The zero-order chi connectivity index (χ0) is 23.6. The quantitative estimate of drug-likeness (QED) is 0.693. The number of anilines is 1. The lowest BCUT2D eigenvalue weighted by molar-refractivity contribution is -0.128. The minimum atomic E-state index is -4.19. The summed E-state index contributed by atoms with van der Waals surface area (Å²) in [5.41, 5.74) is 1.53. The van der Waals surface area contributed by atoms with Gasteiger partial charge in [-0.25, -0.2) is 17.2 Å². The number of amides is 2. The Kier molecular flexibility index (Phi) is 6.76. The van der Waals surface area contributed by atoms with Gasteiger partial charge >= 0.3 is 0 Å². The second kappa shape index (κ2) is 9.56. The Morgan fingerprint density at radius 2 is 1.82 bits per heavy atom. The maximum absolute atomic E-state index is 14.0. The Labute approximate surface area is 191 Å². The van der Waals surface area contributed by atoms with Crippen molar-refractivity contribution in [2.24, 2.45) is 5.92 Å². The van der Waals surface area contributed by atoms with E-state index in [0.717, 1.165) is 35.0 Å². The summed E-state index contributed by atoms with van der Waals surface area (Å²) in [6.07, 6.45) is 1.96. The molecule has 4 rings (SSSR count). The molecule has 0 saturated carbocycles. The molecule has 0 bridgehead atoms. The molecule has 0 aliphatic carbocycles. The first-order chi connectivity index (χ1) is 15.7. The van der Waals surface area contributed by atoms with Gasteiger partial charge in [-0.15, -0.1) is 0 Å². The van der Waals surface area contributed by atoms with Crippen LogP contribution in [0.5, 0.6) is 0 Å². The Bertz CT molecular complexity index is 1160. The van der Waals surface area contributed by atoms with Crippen LogP contribution in [0.2, 0.25) is 0 Å². The Morgan fingerprint density at radius 3 is 2.52 bits per heavy atom. The van der Waals surface area contributed by atoms with E-state index in [1.165, 1.54) is 0 Å². The summed E-state index contributed by atoms with van der Waals surface area (Å²) in [5.74, 6) is -2.34. The van der Waals surface area contributed by atoms with Gasteiger partial charge < -0.3 is 10.2 Å². The van der Waals surface area contributed by atoms with Crippen molar-refractivity contribution in [2.75, 3.05) is 25.0 Å². The Morgan fingerprint density at radius 1 is 1.06 bits per heavy atom. The van der Waals surface area contributed by atoms with Gasteiger partial charge in [-0.3, -0.25) is 9.59 Å². The van der Waals surface area contributed by atoms with Gasteiger partial charge in [0.25, 0.3) is 0 Å². The number of hydrogen-bond donors (Lipinski definition) is 1. The number of likely N-dealkylation sites (tertiary alicyclic amines) is 1. The molecule has 2 amide bonds. The molecule has 0 spiro atoms. The van der Waals surface area contributed by atoms with Crippen molar-refractivity contribution in [1.82, 2.24) is 9.21 Å². The van der Waals surface area contributed by atoms with Crippen molar-refractivity contribution in [1.29, 1.82) is 0 Å². The molecule has 2 saturated heterocycles. The van der Waals surface area contributed by atoms with Crippen LogP contribution in [-0.4, -0.2) is 49.1 Å². The standard InChI is InChI=1S/C23H25F2N3O4S/c24-18-6-7-20(25)21(14-18)33(31,32)28-11-8-17(9-12-28)23(30)26-19-4-1-3-16(13-19)15-27-10-2-5-22(27)29/h1,3-4,6-7,13-14,17H,2,5,8-12,15H2,(H,26,30). The summed E-state index contributed by atoms with van der Waals surface area (Å²) >= 11 is 0. The third-order valence-corrected chi connectivity index (χ3v) is 7.99. The molecule has 0 unspecified atom stereocenters. The molecule has 2 heterocycles. The number of nitrogens with zero attached hydrogens (tertiary/aromatic N) is 2. The molecular formula is C23H25F2N3O4S. The van der Waals surface area contributed by atoms with E-state index in [1.54, 1.807) is 11.0 Å². The average Bonchev–Trinajstić information content (AvgIpc) is 3.20. The van der Waals surface area contributed by atoms with Crippen molar-refractivity contribution >= 4 is 27.5 Å². The van der Waals surface area contributed by atoms with Crippen LogP contribution in [0.25, 0.3) is 0 Å². The summed E-state index contributed by atoms with van der Waals surface area (Å²) < 4.78 is 54.0. The second-order valence-corrected chi connectivity index (χ2v) is 10.3. The van der Waals surface area contributed by atoms with Crippen molar-refractivity contribution in [3.63, 3.8) is 0 Å². The van der Waals surface area contributed by atoms with Gasteiger partial charge in [0, 0.05) is 44.2 Å². The molecule has 2 aliphatic rings. The van der Waals surface area contributed by atoms with Crippen LogP contribution in [0.4, 0.5) is 14.5 Å². The highest BCUT2D eigenvalue weighted by molar-refractivity contribution is 7.89. The number of hydrogen-bond acceptors (Lipinski definition) is 4. The first-order valence-corrected chi connectivity index (χ1v) is 12.3. The fraction of sp³-hybridized carbons (Fsp3) is 0.391. The van der Waals surface area contributed by atoms with Gasteiger partial charge in [-0.05, 0) is 55.2 Å². The molecule has 33 heavy (non-hydrogen) atoms. The molecule has 0 radical (unpaired) electrons. The fourth-order valence-electron chi connectivity index (χ4n) is 4.26. The number of nitrogens with one attached hydrogen (secondary N) is 1. The highest BCUT2D eigenvalue weighted by atomic mass is 32.2. The van der Waals surface area contributed by atoms with Crippen molar-refractivity contribution < 1.29 is 26.8 Å². The molecule has 0 aromatic heterocycles. The molecular weight excluding hydrogens is 452 g/mol. The van der Waals surface area contributed by atoms with E-state index in [2.05, 4.69) is 5.32 Å². The molecule has 176 valence electrons. The summed E-state index contributed by atoms with van der Waals surface area (Å²) in [6, 6.07) is 9.63. The maximum atomic E-state index is 14.0. The van der Waals surface area contributed by atoms with Crippen LogP contribution in [0.1, 0.15) is 31.2 Å². The molecule has 1 N–H and O–H groups in total. The number of carbonyl (C=O) groups is 2. The van der Waals surface area contributed by atoms with Crippen LogP contribution >= 0.6 is 0 Å². The number of rotatable bonds is 6. The van der Waals surface area contributed by atoms with E-state index in [4.69, 9.17) is 0 Å². The lowest BCUT2D eigenvalue weighted by atomic mass is 9.97. The van der Waals surface area contributed by atoms with E-state index in [1.807, 2.05) is 18.2 Å². The van der Waals surface area contributed by atoms with Gasteiger partial charge in [-0.1, -0.05) is 12.1 Å². The van der Waals surface area contributed by atoms with Gasteiger partial charge in [0.2, 0.25) is 21.8 Å². The number of halogens is 2. The first-order valence-electron chi connectivity index (χ1n) is 10.9. The summed E-state index contributed by atoms with van der Waals surface area (Å²) in [4.78, 5) is 25.7. The molecule has 2 fully saturated rings. The lowest BCUT2D eigenvalue weighted by Crippen LogP contribution is -2.41. The van der Waals surface area contributed by atoms with Crippen LogP contribution in [0, 0.1) is 17.6 Å². The molecule has 10 heteroatoms. The smallest absolute Gasteiger partial charge is 0.246 e. The average molecular weight is 478 g/mol. The van der Waals surface area contributed by atoms with Crippen molar-refractivity contribution in [3.05, 3.63) is 59.7 Å². The van der Waals surface area contributed by atoms with Crippen LogP contribution in [-0.2, 0) is 26.2 Å². The largest absolute Gasteiger partial charge is 0.338 e. The first kappa shape index (κ1) is 23.3. The van der Waals surface area contributed by atoms with Crippen LogP contribution in [0.15, 0.2) is 47.4 Å². The summed E-state index contributed by atoms with van der Waals surface area (Å²) in [7, 11) is -4.19. The van der Waals surface area contributed by atoms with Gasteiger partial charge in [0.1, 0.15) is 16.5 Å².